The van der Waals surface area contributed by atoms with Gasteiger partial charge in [0.15, 0.2) is 0 Å². The number of carbonyl (C=O) groups excluding carboxylic acids is 2. The number of nitrogens with two attached hydrogens (primary N) is 1. The molecule has 1 aromatic carbocycles. The maximum Gasteiger partial charge on any atom is 0.319 e. The molecule has 2 unspecified atom stereocenters. The van der Waals surface area contributed by atoms with Crippen LogP contribution in [0, 0.1) is 5.92 Å². The first-order valence-corrected chi connectivity index (χ1v) is 9.36. The number of hydrogen-bond donors (Lipinski definition) is 3. The standard InChI is InChI=1S/C19H28N4O2/c20-18(24)14-8-2-3-9-15(14)21-19(25)22-16-10-4-5-11-17(16)23-12-6-1-7-13-23/h4-5,10-11,14-15H,1-3,6-9,12-13H2,(H2,20,24)(H2,21,22,25). The molecule has 1 aliphatic heterocycles. The van der Waals surface area contributed by atoms with Crippen molar-refractivity contribution >= 4 is 23.3 Å². The summed E-state index contributed by atoms with van der Waals surface area (Å²) in [6.45, 7) is 2.04. The van der Waals surface area contributed by atoms with E-state index in [2.05, 4.69) is 15.5 Å². The fraction of sp³-hybridized carbons (Fsp3) is 0.579. The number of carbonyl (C=O) groups is 2. The van der Waals surface area contributed by atoms with Crippen molar-refractivity contribution in [3.05, 3.63) is 24.3 Å². The summed E-state index contributed by atoms with van der Waals surface area (Å²) in [6, 6.07) is 7.47. The summed E-state index contributed by atoms with van der Waals surface area (Å²) in [5.74, 6) is -0.587. The largest absolute Gasteiger partial charge is 0.370 e. The Morgan fingerprint density at radius 3 is 2.48 bits per heavy atom. The quantitative estimate of drug-likeness (QED) is 0.785. The fourth-order valence-corrected chi connectivity index (χ4v) is 3.96. The molecule has 3 rings (SSSR count). The van der Waals surface area contributed by atoms with Crippen LogP contribution in [0.15, 0.2) is 24.3 Å². The molecular formula is C19H28N4O2. The Morgan fingerprint density at radius 1 is 1.00 bits per heavy atom. The molecule has 25 heavy (non-hydrogen) atoms. The summed E-state index contributed by atoms with van der Waals surface area (Å²) in [7, 11) is 0. The Kier molecular flexibility index (Phi) is 5.79. The second kappa shape index (κ2) is 8.23. The Balaban J connectivity index is 1.65. The molecule has 6 heteroatoms. The third-order valence-corrected chi connectivity index (χ3v) is 5.30. The second-order valence-corrected chi connectivity index (χ2v) is 7.06. The van der Waals surface area contributed by atoms with E-state index in [0.29, 0.717) is 0 Å². The Morgan fingerprint density at radius 2 is 1.72 bits per heavy atom. The minimum Gasteiger partial charge on any atom is -0.370 e. The lowest BCUT2D eigenvalue weighted by molar-refractivity contribution is -0.123. The maximum absolute atomic E-state index is 12.5. The van der Waals surface area contributed by atoms with Crippen LogP contribution in [0.2, 0.25) is 0 Å². The van der Waals surface area contributed by atoms with Gasteiger partial charge in [-0.25, -0.2) is 4.79 Å². The van der Waals surface area contributed by atoms with E-state index in [9.17, 15) is 9.59 Å². The van der Waals surface area contributed by atoms with E-state index in [1.807, 2.05) is 24.3 Å². The van der Waals surface area contributed by atoms with Crippen LogP contribution in [0.25, 0.3) is 0 Å². The van der Waals surface area contributed by atoms with Crippen molar-refractivity contribution in [3.63, 3.8) is 0 Å². The predicted molar refractivity (Wildman–Crippen MR) is 99.6 cm³/mol. The van der Waals surface area contributed by atoms with Gasteiger partial charge in [-0.05, 0) is 44.2 Å². The number of benzene rings is 1. The Labute approximate surface area is 149 Å². The molecule has 1 saturated heterocycles. The zero-order valence-electron chi connectivity index (χ0n) is 14.7. The van der Waals surface area contributed by atoms with E-state index >= 15 is 0 Å². The Hall–Kier alpha value is -2.24. The van der Waals surface area contributed by atoms with Gasteiger partial charge in [0.05, 0.1) is 17.3 Å². The van der Waals surface area contributed by atoms with Crippen molar-refractivity contribution in [1.82, 2.24) is 5.32 Å². The van der Waals surface area contributed by atoms with E-state index in [1.165, 1.54) is 19.3 Å². The smallest absolute Gasteiger partial charge is 0.319 e. The molecule has 1 heterocycles. The zero-order chi connectivity index (χ0) is 17.6. The van der Waals surface area contributed by atoms with E-state index in [4.69, 9.17) is 5.73 Å². The first-order valence-electron chi connectivity index (χ1n) is 9.36. The number of hydrogen-bond acceptors (Lipinski definition) is 3. The molecule has 0 aromatic heterocycles. The molecule has 1 aliphatic carbocycles. The molecule has 136 valence electrons. The number of piperidine rings is 1. The molecule has 1 aromatic rings. The van der Waals surface area contributed by atoms with Crippen molar-refractivity contribution in [2.75, 3.05) is 23.3 Å². The first kappa shape index (κ1) is 17.6. The van der Waals surface area contributed by atoms with Crippen LogP contribution in [-0.4, -0.2) is 31.1 Å². The highest BCUT2D eigenvalue weighted by Gasteiger charge is 2.30. The molecular weight excluding hydrogens is 316 g/mol. The van der Waals surface area contributed by atoms with E-state index < -0.39 is 0 Å². The lowest BCUT2D eigenvalue weighted by Gasteiger charge is -2.32. The van der Waals surface area contributed by atoms with Crippen LogP contribution in [0.3, 0.4) is 0 Å². The highest BCUT2D eigenvalue weighted by atomic mass is 16.2. The summed E-state index contributed by atoms with van der Waals surface area (Å²) < 4.78 is 0. The lowest BCUT2D eigenvalue weighted by atomic mass is 9.84. The van der Waals surface area contributed by atoms with E-state index in [1.54, 1.807) is 0 Å². The average Bonchev–Trinajstić information content (AvgIpc) is 2.63. The van der Waals surface area contributed by atoms with E-state index in [0.717, 1.165) is 50.1 Å². The SMILES string of the molecule is NC(=O)C1CCCCC1NC(=O)Nc1ccccc1N1CCCCC1. The highest BCUT2D eigenvalue weighted by molar-refractivity contribution is 5.93. The monoisotopic (exact) mass is 344 g/mol. The van der Waals surface area contributed by atoms with Crippen LogP contribution >= 0.6 is 0 Å². The molecule has 1 saturated carbocycles. The first-order chi connectivity index (χ1) is 12.1. The van der Waals surface area contributed by atoms with Crippen LogP contribution in [0.4, 0.5) is 16.2 Å². The van der Waals surface area contributed by atoms with Gasteiger partial charge in [-0.1, -0.05) is 25.0 Å². The van der Waals surface area contributed by atoms with Gasteiger partial charge in [0, 0.05) is 19.1 Å². The van der Waals surface area contributed by atoms with Crippen LogP contribution in [0.5, 0.6) is 0 Å². The maximum atomic E-state index is 12.5. The number of para-hydroxylation sites is 2. The molecule has 0 spiro atoms. The molecule has 0 bridgehead atoms. The molecule has 3 amide bonds. The minimum absolute atomic E-state index is 0.173. The Bertz CT molecular complexity index is 613. The van der Waals surface area contributed by atoms with Crippen molar-refractivity contribution in [2.45, 2.75) is 51.0 Å². The highest BCUT2D eigenvalue weighted by Crippen LogP contribution is 2.29. The minimum atomic E-state index is -0.321. The van der Waals surface area contributed by atoms with Crippen molar-refractivity contribution < 1.29 is 9.59 Å². The number of amides is 3. The average molecular weight is 344 g/mol. The van der Waals surface area contributed by atoms with Crippen molar-refractivity contribution in [2.24, 2.45) is 11.7 Å². The van der Waals surface area contributed by atoms with E-state index in [-0.39, 0.29) is 23.9 Å². The predicted octanol–water partition coefficient (Wildman–Crippen LogP) is 2.84. The second-order valence-electron chi connectivity index (χ2n) is 7.06. The van der Waals surface area contributed by atoms with Gasteiger partial charge in [-0.2, -0.15) is 0 Å². The van der Waals surface area contributed by atoms with Gasteiger partial charge in [0.1, 0.15) is 0 Å². The van der Waals surface area contributed by atoms with Gasteiger partial charge in [-0.3, -0.25) is 4.79 Å². The molecule has 0 radical (unpaired) electrons. The third kappa shape index (κ3) is 4.44. The number of nitrogens with one attached hydrogen (secondary N) is 2. The number of anilines is 2. The van der Waals surface area contributed by atoms with Crippen LogP contribution in [-0.2, 0) is 4.79 Å². The number of urea groups is 1. The van der Waals surface area contributed by atoms with Crippen LogP contribution < -0.4 is 21.3 Å². The number of primary amides is 1. The van der Waals surface area contributed by atoms with Gasteiger partial charge in [0.2, 0.25) is 5.91 Å². The number of nitrogens with zero attached hydrogens (tertiary/aromatic N) is 1. The molecule has 4 N–H and O–H groups in total. The van der Waals surface area contributed by atoms with Gasteiger partial charge in [0.25, 0.3) is 0 Å². The third-order valence-electron chi connectivity index (χ3n) is 5.30. The molecule has 6 nitrogen and oxygen atoms in total. The summed E-state index contributed by atoms with van der Waals surface area (Å²) in [5, 5.41) is 5.93. The van der Waals surface area contributed by atoms with Gasteiger partial charge in [-0.15, -0.1) is 0 Å². The topological polar surface area (TPSA) is 87.5 Å². The summed E-state index contributed by atoms with van der Waals surface area (Å²) in [5.41, 5.74) is 7.37. The molecule has 2 fully saturated rings. The van der Waals surface area contributed by atoms with Gasteiger partial charge >= 0.3 is 6.03 Å². The van der Waals surface area contributed by atoms with Gasteiger partial charge < -0.3 is 21.3 Å². The summed E-state index contributed by atoms with van der Waals surface area (Å²) >= 11 is 0. The summed E-state index contributed by atoms with van der Waals surface area (Å²) in [4.78, 5) is 26.4. The van der Waals surface area contributed by atoms with Crippen molar-refractivity contribution in [1.29, 1.82) is 0 Å². The number of rotatable bonds is 4. The fourth-order valence-electron chi connectivity index (χ4n) is 3.96. The van der Waals surface area contributed by atoms with Crippen molar-refractivity contribution in [3.8, 4) is 0 Å². The van der Waals surface area contributed by atoms with Crippen LogP contribution in [0.1, 0.15) is 44.9 Å². The summed E-state index contributed by atoms with van der Waals surface area (Å²) in [6.07, 6.45) is 7.19. The molecule has 2 atom stereocenters. The zero-order valence-corrected chi connectivity index (χ0v) is 14.7. The lowest BCUT2D eigenvalue weighted by Crippen LogP contribution is -2.48. The molecule has 2 aliphatic rings. The normalized spacial score (nSPS) is 23.8.